The average molecular weight is 267 g/mol. The molecule has 2 nitrogen and oxygen atoms in total. The lowest BCUT2D eigenvalue weighted by Crippen LogP contribution is -2.33. The summed E-state index contributed by atoms with van der Waals surface area (Å²) in [5.74, 6) is 1.20. The molecule has 0 heterocycles. The lowest BCUT2D eigenvalue weighted by atomic mass is 10.1. The third-order valence-corrected chi connectivity index (χ3v) is 2.97. The zero-order valence-corrected chi connectivity index (χ0v) is 12.5. The molecule has 0 aliphatic heterocycles. The van der Waals surface area contributed by atoms with E-state index in [0.717, 1.165) is 37.2 Å². The average Bonchev–Trinajstić information content (AvgIpc) is 2.32. The Hall–Kier alpha value is -1.09. The SMILES string of the molecule is CCCC(CNCC(C)C)Oc1ccc(F)cc1C. The van der Waals surface area contributed by atoms with Crippen LogP contribution in [-0.2, 0) is 0 Å². The molecule has 0 bridgehead atoms. The molecule has 0 spiro atoms. The number of ether oxygens (including phenoxy) is 1. The highest BCUT2D eigenvalue weighted by Gasteiger charge is 2.11. The van der Waals surface area contributed by atoms with E-state index in [0.29, 0.717) is 5.92 Å². The summed E-state index contributed by atoms with van der Waals surface area (Å²) in [7, 11) is 0. The van der Waals surface area contributed by atoms with E-state index in [4.69, 9.17) is 4.74 Å². The molecule has 0 aliphatic carbocycles. The van der Waals surface area contributed by atoms with Crippen LogP contribution in [0.2, 0.25) is 0 Å². The fourth-order valence-electron chi connectivity index (χ4n) is 1.98. The summed E-state index contributed by atoms with van der Waals surface area (Å²) < 4.78 is 19.0. The van der Waals surface area contributed by atoms with Crippen LogP contribution >= 0.6 is 0 Å². The van der Waals surface area contributed by atoms with Gasteiger partial charge in [-0.15, -0.1) is 0 Å². The third-order valence-electron chi connectivity index (χ3n) is 2.97. The van der Waals surface area contributed by atoms with Gasteiger partial charge in [-0.25, -0.2) is 4.39 Å². The van der Waals surface area contributed by atoms with Crippen molar-refractivity contribution < 1.29 is 9.13 Å². The Morgan fingerprint density at radius 1 is 1.26 bits per heavy atom. The van der Waals surface area contributed by atoms with Gasteiger partial charge < -0.3 is 10.1 Å². The maximum absolute atomic E-state index is 13.1. The molecule has 1 atom stereocenters. The molecule has 108 valence electrons. The van der Waals surface area contributed by atoms with E-state index in [-0.39, 0.29) is 11.9 Å². The minimum Gasteiger partial charge on any atom is -0.489 e. The van der Waals surface area contributed by atoms with Gasteiger partial charge in [0, 0.05) is 6.54 Å². The monoisotopic (exact) mass is 267 g/mol. The molecule has 0 saturated carbocycles. The van der Waals surface area contributed by atoms with Gasteiger partial charge in [0.1, 0.15) is 17.7 Å². The molecular formula is C16H26FNO. The summed E-state index contributed by atoms with van der Waals surface area (Å²) in [6.07, 6.45) is 2.23. The first-order chi connectivity index (χ1) is 9.02. The van der Waals surface area contributed by atoms with Crippen molar-refractivity contribution in [2.45, 2.75) is 46.6 Å². The van der Waals surface area contributed by atoms with Crippen molar-refractivity contribution in [1.82, 2.24) is 5.32 Å². The van der Waals surface area contributed by atoms with Crippen molar-refractivity contribution in [3.8, 4) is 5.75 Å². The maximum Gasteiger partial charge on any atom is 0.123 e. The Balaban J connectivity index is 2.56. The molecule has 1 aromatic rings. The maximum atomic E-state index is 13.1. The van der Waals surface area contributed by atoms with Crippen LogP contribution in [0.4, 0.5) is 4.39 Å². The summed E-state index contributed by atoms with van der Waals surface area (Å²) >= 11 is 0. The van der Waals surface area contributed by atoms with Crippen LogP contribution < -0.4 is 10.1 Å². The van der Waals surface area contributed by atoms with E-state index in [1.165, 1.54) is 12.1 Å². The Bertz CT molecular complexity index is 379. The van der Waals surface area contributed by atoms with Crippen LogP contribution in [0, 0.1) is 18.7 Å². The van der Waals surface area contributed by atoms with Crippen molar-refractivity contribution >= 4 is 0 Å². The molecule has 3 heteroatoms. The summed E-state index contributed by atoms with van der Waals surface area (Å²) in [5.41, 5.74) is 0.852. The van der Waals surface area contributed by atoms with E-state index in [1.54, 1.807) is 6.07 Å². The lowest BCUT2D eigenvalue weighted by Gasteiger charge is -2.21. The quantitative estimate of drug-likeness (QED) is 0.770. The molecule has 19 heavy (non-hydrogen) atoms. The van der Waals surface area contributed by atoms with E-state index >= 15 is 0 Å². The van der Waals surface area contributed by atoms with Gasteiger partial charge in [-0.1, -0.05) is 27.2 Å². The predicted molar refractivity (Wildman–Crippen MR) is 78.2 cm³/mol. The molecule has 0 radical (unpaired) electrons. The first-order valence-electron chi connectivity index (χ1n) is 7.16. The highest BCUT2D eigenvalue weighted by molar-refractivity contribution is 5.32. The Morgan fingerprint density at radius 2 is 2.00 bits per heavy atom. The smallest absolute Gasteiger partial charge is 0.123 e. The third kappa shape index (κ3) is 6.06. The topological polar surface area (TPSA) is 21.3 Å². The zero-order chi connectivity index (χ0) is 14.3. The normalized spacial score (nSPS) is 12.7. The molecule has 0 saturated heterocycles. The molecule has 0 aromatic heterocycles. The van der Waals surface area contributed by atoms with Gasteiger partial charge in [-0.05, 0) is 49.6 Å². The molecule has 0 amide bonds. The number of halogens is 1. The second-order valence-corrected chi connectivity index (χ2v) is 5.49. The van der Waals surface area contributed by atoms with E-state index in [9.17, 15) is 4.39 Å². The fourth-order valence-corrected chi connectivity index (χ4v) is 1.98. The van der Waals surface area contributed by atoms with Crippen LogP contribution in [0.15, 0.2) is 18.2 Å². The second-order valence-electron chi connectivity index (χ2n) is 5.49. The van der Waals surface area contributed by atoms with Gasteiger partial charge >= 0.3 is 0 Å². The minimum atomic E-state index is -0.213. The fraction of sp³-hybridized carbons (Fsp3) is 0.625. The van der Waals surface area contributed by atoms with Crippen LogP contribution in [0.5, 0.6) is 5.75 Å². The first kappa shape index (κ1) is 16.0. The number of nitrogens with one attached hydrogen (secondary N) is 1. The van der Waals surface area contributed by atoms with Gasteiger partial charge in [-0.3, -0.25) is 0 Å². The molecular weight excluding hydrogens is 241 g/mol. The zero-order valence-electron chi connectivity index (χ0n) is 12.5. The molecule has 0 fully saturated rings. The molecule has 1 rings (SSSR count). The Labute approximate surface area is 116 Å². The van der Waals surface area contributed by atoms with Crippen LogP contribution in [-0.4, -0.2) is 19.2 Å². The molecule has 1 N–H and O–H groups in total. The summed E-state index contributed by atoms with van der Waals surface area (Å²) in [5, 5.41) is 3.42. The second kappa shape index (κ2) is 8.16. The Morgan fingerprint density at radius 3 is 2.58 bits per heavy atom. The van der Waals surface area contributed by atoms with E-state index < -0.39 is 0 Å². The first-order valence-corrected chi connectivity index (χ1v) is 7.16. The Kier molecular flexibility index (Phi) is 6.85. The predicted octanol–water partition coefficient (Wildman–Crippen LogP) is 3.93. The van der Waals surface area contributed by atoms with Crippen LogP contribution in [0.1, 0.15) is 39.2 Å². The largest absolute Gasteiger partial charge is 0.489 e. The van der Waals surface area contributed by atoms with Gasteiger partial charge in [-0.2, -0.15) is 0 Å². The highest BCUT2D eigenvalue weighted by Crippen LogP contribution is 2.20. The molecule has 0 aliphatic rings. The van der Waals surface area contributed by atoms with Crippen LogP contribution in [0.3, 0.4) is 0 Å². The number of rotatable bonds is 8. The number of hydrogen-bond donors (Lipinski definition) is 1. The van der Waals surface area contributed by atoms with Gasteiger partial charge in [0.05, 0.1) is 0 Å². The number of aryl methyl sites for hydroxylation is 1. The van der Waals surface area contributed by atoms with Crippen molar-refractivity contribution in [2.24, 2.45) is 5.92 Å². The van der Waals surface area contributed by atoms with Crippen molar-refractivity contribution in [1.29, 1.82) is 0 Å². The van der Waals surface area contributed by atoms with Gasteiger partial charge in [0.2, 0.25) is 0 Å². The summed E-state index contributed by atoms with van der Waals surface area (Å²) in [4.78, 5) is 0. The number of benzene rings is 1. The van der Waals surface area contributed by atoms with E-state index in [2.05, 4.69) is 26.1 Å². The summed E-state index contributed by atoms with van der Waals surface area (Å²) in [6.45, 7) is 10.2. The molecule has 1 unspecified atom stereocenters. The van der Waals surface area contributed by atoms with Crippen molar-refractivity contribution in [2.75, 3.05) is 13.1 Å². The minimum absolute atomic E-state index is 0.146. The van der Waals surface area contributed by atoms with Gasteiger partial charge in [0.15, 0.2) is 0 Å². The standard InChI is InChI=1S/C16H26FNO/c1-5-6-15(11-18-10-12(2)3)19-16-8-7-14(17)9-13(16)4/h7-9,12,15,18H,5-6,10-11H2,1-4H3. The van der Waals surface area contributed by atoms with Crippen molar-refractivity contribution in [3.05, 3.63) is 29.6 Å². The summed E-state index contributed by atoms with van der Waals surface area (Å²) in [6, 6.07) is 4.68. The van der Waals surface area contributed by atoms with Crippen molar-refractivity contribution in [3.63, 3.8) is 0 Å². The van der Waals surface area contributed by atoms with Gasteiger partial charge in [0.25, 0.3) is 0 Å². The lowest BCUT2D eigenvalue weighted by molar-refractivity contribution is 0.184. The van der Waals surface area contributed by atoms with Crippen LogP contribution in [0.25, 0.3) is 0 Å². The number of hydrogen-bond acceptors (Lipinski definition) is 2. The van der Waals surface area contributed by atoms with E-state index in [1.807, 2.05) is 6.92 Å². The molecule has 1 aromatic carbocycles. The highest BCUT2D eigenvalue weighted by atomic mass is 19.1.